The van der Waals surface area contributed by atoms with E-state index in [4.69, 9.17) is 9.84 Å². The molecule has 0 aromatic heterocycles. The quantitative estimate of drug-likeness (QED) is 0.615. The number of esters is 1. The Kier molecular flexibility index (Phi) is 3.52. The highest BCUT2D eigenvalue weighted by atomic mass is 16.6. The number of aliphatic hydroxyl groups is 1. The molecule has 0 saturated heterocycles. The van der Waals surface area contributed by atoms with Crippen LogP contribution < -0.4 is 0 Å². The molecule has 11 heavy (non-hydrogen) atoms. The van der Waals surface area contributed by atoms with Gasteiger partial charge < -0.3 is 9.84 Å². The number of hydrogen-bond acceptors (Lipinski definition) is 3. The van der Waals surface area contributed by atoms with Crippen LogP contribution in [0, 0.1) is 0 Å². The third kappa shape index (κ3) is 7.33. The predicted octanol–water partition coefficient (Wildman–Crippen LogP) is 1.10. The number of aliphatic hydroxyl groups excluding tert-OH is 1. The first-order chi connectivity index (χ1) is 4.81. The highest BCUT2D eigenvalue weighted by Crippen LogP contribution is 2.08. The van der Waals surface area contributed by atoms with Crippen molar-refractivity contribution in [3.8, 4) is 0 Å². The first-order valence-electron chi connectivity index (χ1n) is 3.71. The van der Waals surface area contributed by atoms with E-state index >= 15 is 0 Å². The van der Waals surface area contributed by atoms with Gasteiger partial charge >= 0.3 is 5.97 Å². The van der Waals surface area contributed by atoms with Crippen molar-refractivity contribution in [1.82, 2.24) is 0 Å². The van der Waals surface area contributed by atoms with Crippen molar-refractivity contribution in [2.45, 2.75) is 45.8 Å². The average molecular weight is 160 g/mol. The minimum absolute atomic E-state index is 0.0667. The normalized spacial score (nSPS) is 14.3. The van der Waals surface area contributed by atoms with E-state index in [2.05, 4.69) is 0 Å². The Morgan fingerprint density at radius 1 is 1.55 bits per heavy atom. The summed E-state index contributed by atoms with van der Waals surface area (Å²) in [4.78, 5) is 10.9. The fourth-order valence-electron chi connectivity index (χ4n) is 0.624. The Labute approximate surface area is 67.4 Å². The Hall–Kier alpha value is -0.570. The second kappa shape index (κ2) is 3.72. The van der Waals surface area contributed by atoms with Crippen LogP contribution in [0.3, 0.4) is 0 Å². The van der Waals surface area contributed by atoms with Crippen molar-refractivity contribution in [1.29, 1.82) is 0 Å². The van der Waals surface area contributed by atoms with Crippen molar-refractivity contribution >= 4 is 5.97 Å². The van der Waals surface area contributed by atoms with Crippen LogP contribution in [-0.4, -0.2) is 22.8 Å². The van der Waals surface area contributed by atoms with E-state index in [0.717, 1.165) is 0 Å². The van der Waals surface area contributed by atoms with Gasteiger partial charge in [-0.1, -0.05) is 0 Å². The summed E-state index contributed by atoms with van der Waals surface area (Å²) >= 11 is 0. The molecule has 0 aliphatic heterocycles. The average Bonchev–Trinajstić information content (AvgIpc) is 1.53. The molecule has 0 amide bonds. The fourth-order valence-corrected chi connectivity index (χ4v) is 0.624. The number of rotatable bonds is 2. The van der Waals surface area contributed by atoms with E-state index < -0.39 is 11.7 Å². The van der Waals surface area contributed by atoms with E-state index in [9.17, 15) is 4.79 Å². The highest BCUT2D eigenvalue weighted by molar-refractivity contribution is 5.70. The van der Waals surface area contributed by atoms with Crippen LogP contribution in [0.2, 0.25) is 0 Å². The van der Waals surface area contributed by atoms with Crippen molar-refractivity contribution in [3.63, 3.8) is 0 Å². The van der Waals surface area contributed by atoms with Gasteiger partial charge in [-0.15, -0.1) is 0 Å². The molecule has 0 aromatic rings. The molecule has 0 aliphatic rings. The molecule has 3 nitrogen and oxygen atoms in total. The Balaban J connectivity index is 3.71. The lowest BCUT2D eigenvalue weighted by Gasteiger charge is -2.19. The summed E-state index contributed by atoms with van der Waals surface area (Å²) in [6.45, 7) is 6.96. The van der Waals surface area contributed by atoms with Gasteiger partial charge in [0, 0.05) is 0 Å². The van der Waals surface area contributed by atoms with Crippen LogP contribution in [0.4, 0.5) is 0 Å². The number of hydrogen-bond donors (Lipinski definition) is 1. The van der Waals surface area contributed by atoms with Crippen LogP contribution in [-0.2, 0) is 9.53 Å². The molecule has 0 spiro atoms. The molecule has 0 aromatic carbocycles. The van der Waals surface area contributed by atoms with Gasteiger partial charge in [-0.05, 0) is 27.7 Å². The monoisotopic (exact) mass is 160 g/mol. The topological polar surface area (TPSA) is 46.5 Å². The number of carbonyl (C=O) groups is 1. The molecule has 0 rings (SSSR count). The number of ether oxygens (including phenoxy) is 1. The first kappa shape index (κ1) is 10.4. The summed E-state index contributed by atoms with van der Waals surface area (Å²) in [5.41, 5.74) is -0.452. The second-order valence-corrected chi connectivity index (χ2v) is 3.64. The van der Waals surface area contributed by atoms with Gasteiger partial charge in [0.25, 0.3) is 0 Å². The molecule has 1 unspecified atom stereocenters. The second-order valence-electron chi connectivity index (χ2n) is 3.64. The van der Waals surface area contributed by atoms with Gasteiger partial charge in [0.05, 0.1) is 12.5 Å². The lowest BCUT2D eigenvalue weighted by atomic mass is 10.2. The van der Waals surface area contributed by atoms with E-state index in [1.165, 1.54) is 0 Å². The summed E-state index contributed by atoms with van der Waals surface area (Å²) in [5.74, 6) is -0.354. The standard InChI is InChI=1S/C8H16O3/c1-6(9)5-7(10)11-8(2,3)4/h6,9H,5H2,1-4H3. The van der Waals surface area contributed by atoms with Crippen molar-refractivity contribution in [2.75, 3.05) is 0 Å². The van der Waals surface area contributed by atoms with E-state index in [1.54, 1.807) is 27.7 Å². The largest absolute Gasteiger partial charge is 0.460 e. The van der Waals surface area contributed by atoms with Gasteiger partial charge in [0.2, 0.25) is 0 Å². The maximum atomic E-state index is 10.9. The summed E-state index contributed by atoms with van der Waals surface area (Å²) in [7, 11) is 0. The van der Waals surface area contributed by atoms with Crippen LogP contribution in [0.5, 0.6) is 0 Å². The maximum Gasteiger partial charge on any atom is 0.308 e. The SMILES string of the molecule is CC(O)CC(=O)OC(C)(C)C. The van der Waals surface area contributed by atoms with Crippen molar-refractivity contribution in [3.05, 3.63) is 0 Å². The molecule has 1 atom stereocenters. The van der Waals surface area contributed by atoms with E-state index in [0.29, 0.717) is 0 Å². The minimum atomic E-state index is -0.621. The molecule has 0 aliphatic carbocycles. The molecule has 0 fully saturated rings. The zero-order valence-corrected chi connectivity index (χ0v) is 7.55. The Bertz CT molecular complexity index is 133. The van der Waals surface area contributed by atoms with Gasteiger partial charge in [0.1, 0.15) is 5.60 Å². The molecule has 66 valence electrons. The summed E-state index contributed by atoms with van der Waals surface area (Å²) in [6, 6.07) is 0. The predicted molar refractivity (Wildman–Crippen MR) is 42.1 cm³/mol. The van der Waals surface area contributed by atoms with Crippen molar-refractivity contribution < 1.29 is 14.6 Å². The number of carbonyl (C=O) groups excluding carboxylic acids is 1. The van der Waals surface area contributed by atoms with E-state index in [-0.39, 0.29) is 12.4 Å². The molecule has 0 saturated carbocycles. The Morgan fingerprint density at radius 2 is 2.00 bits per heavy atom. The lowest BCUT2D eigenvalue weighted by Crippen LogP contribution is -2.25. The van der Waals surface area contributed by atoms with Crippen LogP contribution in [0.15, 0.2) is 0 Å². The lowest BCUT2D eigenvalue weighted by molar-refractivity contribution is -0.156. The Morgan fingerprint density at radius 3 is 2.27 bits per heavy atom. The first-order valence-corrected chi connectivity index (χ1v) is 3.71. The molecule has 0 bridgehead atoms. The van der Waals surface area contributed by atoms with Crippen LogP contribution >= 0.6 is 0 Å². The summed E-state index contributed by atoms with van der Waals surface area (Å²) in [6.07, 6.45) is -0.554. The molecule has 1 N–H and O–H groups in total. The molecule has 3 heteroatoms. The zero-order chi connectivity index (χ0) is 9.07. The van der Waals surface area contributed by atoms with E-state index in [1.807, 2.05) is 0 Å². The third-order valence-electron chi connectivity index (χ3n) is 0.882. The molecule has 0 heterocycles. The summed E-state index contributed by atoms with van der Waals surface area (Å²) < 4.78 is 4.95. The molecular weight excluding hydrogens is 144 g/mol. The maximum absolute atomic E-state index is 10.9. The fraction of sp³-hybridized carbons (Fsp3) is 0.875. The van der Waals surface area contributed by atoms with Gasteiger partial charge in [0.15, 0.2) is 0 Å². The van der Waals surface area contributed by atoms with Gasteiger partial charge in [-0.25, -0.2) is 0 Å². The molecular formula is C8H16O3. The van der Waals surface area contributed by atoms with Crippen molar-refractivity contribution in [2.24, 2.45) is 0 Å². The third-order valence-corrected chi connectivity index (χ3v) is 0.882. The zero-order valence-electron chi connectivity index (χ0n) is 7.55. The minimum Gasteiger partial charge on any atom is -0.460 e. The highest BCUT2D eigenvalue weighted by Gasteiger charge is 2.17. The smallest absolute Gasteiger partial charge is 0.308 e. The van der Waals surface area contributed by atoms with Crippen LogP contribution in [0.25, 0.3) is 0 Å². The summed E-state index contributed by atoms with van der Waals surface area (Å²) in [5, 5.41) is 8.82. The van der Waals surface area contributed by atoms with Gasteiger partial charge in [-0.3, -0.25) is 4.79 Å². The van der Waals surface area contributed by atoms with Gasteiger partial charge in [-0.2, -0.15) is 0 Å². The van der Waals surface area contributed by atoms with Crippen LogP contribution in [0.1, 0.15) is 34.1 Å². The molecule has 0 radical (unpaired) electrons.